The summed E-state index contributed by atoms with van der Waals surface area (Å²) in [6.45, 7) is 6.10. The number of rotatable bonds is 7. The minimum atomic E-state index is -0.131. The summed E-state index contributed by atoms with van der Waals surface area (Å²) in [5, 5.41) is 0. The number of hydrogen-bond donors (Lipinski definition) is 0. The number of fused-ring (bicyclic) bond motifs is 1. The molecule has 2 heteroatoms. The summed E-state index contributed by atoms with van der Waals surface area (Å²) in [5.41, 5.74) is 0.678. The lowest BCUT2D eigenvalue weighted by molar-refractivity contribution is -0.146. The first kappa shape index (κ1) is 14.6. The van der Waals surface area contributed by atoms with Gasteiger partial charge in [0.25, 0.3) is 0 Å². The smallest absolute Gasteiger partial charge is 0.333 e. The number of esters is 1. The maximum Gasteiger partial charge on any atom is 0.333 e. The predicted octanol–water partition coefficient (Wildman–Crippen LogP) is 4.63. The third-order valence-electron chi connectivity index (χ3n) is 4.90. The Morgan fingerprint density at radius 2 is 2.00 bits per heavy atom. The van der Waals surface area contributed by atoms with E-state index in [2.05, 4.69) is 13.5 Å². The van der Waals surface area contributed by atoms with Crippen LogP contribution in [-0.4, -0.2) is 12.1 Å². The topological polar surface area (TPSA) is 26.3 Å². The van der Waals surface area contributed by atoms with E-state index < -0.39 is 0 Å². The Balaban J connectivity index is 1.70. The van der Waals surface area contributed by atoms with Crippen LogP contribution in [0.15, 0.2) is 12.2 Å². The van der Waals surface area contributed by atoms with Crippen molar-refractivity contribution in [1.29, 1.82) is 0 Å². The third kappa shape index (κ3) is 3.84. The van der Waals surface area contributed by atoms with E-state index in [-0.39, 0.29) is 12.1 Å². The molecule has 3 atom stereocenters. The van der Waals surface area contributed by atoms with Crippen molar-refractivity contribution < 1.29 is 9.53 Å². The van der Waals surface area contributed by atoms with Gasteiger partial charge in [0.15, 0.2) is 0 Å². The van der Waals surface area contributed by atoms with Crippen molar-refractivity contribution in [1.82, 2.24) is 0 Å². The summed E-state index contributed by atoms with van der Waals surface area (Å²) in [5.74, 6) is 1.35. The highest BCUT2D eigenvalue weighted by Crippen LogP contribution is 2.45. The van der Waals surface area contributed by atoms with Gasteiger partial charge in [-0.15, -0.1) is 0 Å². The summed E-state index contributed by atoms with van der Waals surface area (Å²) in [6, 6.07) is 0. The molecule has 0 N–H and O–H groups in total. The molecule has 0 aromatic rings. The minimum absolute atomic E-state index is 0.131. The van der Waals surface area contributed by atoms with Gasteiger partial charge in [0, 0.05) is 5.57 Å². The van der Waals surface area contributed by atoms with Gasteiger partial charge in [0.05, 0.1) is 0 Å². The highest BCUT2D eigenvalue weighted by molar-refractivity contribution is 5.87. The standard InChI is InChI=1S/C17H28O2/c1-3-4-5-6-8-13(2)17(18)19-16-12-11-14-9-7-10-15(14)16/h14-16H,2-12H2,1H3. The fourth-order valence-corrected chi connectivity index (χ4v) is 3.74. The molecule has 0 saturated heterocycles. The van der Waals surface area contributed by atoms with Crippen LogP contribution >= 0.6 is 0 Å². The number of ether oxygens (including phenoxy) is 1. The van der Waals surface area contributed by atoms with Gasteiger partial charge >= 0.3 is 5.97 Å². The number of unbranched alkanes of at least 4 members (excludes halogenated alkanes) is 3. The zero-order chi connectivity index (χ0) is 13.7. The fourth-order valence-electron chi connectivity index (χ4n) is 3.74. The first-order valence-electron chi connectivity index (χ1n) is 8.11. The number of carbonyl (C=O) groups excluding carboxylic acids is 1. The molecule has 2 fully saturated rings. The van der Waals surface area contributed by atoms with Gasteiger partial charge in [-0.2, -0.15) is 0 Å². The molecule has 0 aliphatic heterocycles. The van der Waals surface area contributed by atoms with Crippen LogP contribution in [0, 0.1) is 11.8 Å². The second-order valence-corrected chi connectivity index (χ2v) is 6.29. The molecule has 2 rings (SSSR count). The van der Waals surface area contributed by atoms with Crippen LogP contribution in [0.4, 0.5) is 0 Å². The summed E-state index contributed by atoms with van der Waals surface area (Å²) >= 11 is 0. The molecule has 0 heterocycles. The molecule has 0 spiro atoms. The first-order chi connectivity index (χ1) is 9.22. The Kier molecular flexibility index (Phi) is 5.47. The third-order valence-corrected chi connectivity index (χ3v) is 4.90. The lowest BCUT2D eigenvalue weighted by Gasteiger charge is -2.19. The van der Waals surface area contributed by atoms with Gasteiger partial charge < -0.3 is 4.74 Å². The van der Waals surface area contributed by atoms with Crippen molar-refractivity contribution in [3.63, 3.8) is 0 Å². The molecule has 2 saturated carbocycles. The van der Waals surface area contributed by atoms with Crippen LogP contribution in [0.1, 0.15) is 71.1 Å². The molecular weight excluding hydrogens is 236 g/mol. The van der Waals surface area contributed by atoms with E-state index in [1.165, 1.54) is 44.9 Å². The van der Waals surface area contributed by atoms with E-state index in [0.29, 0.717) is 11.5 Å². The van der Waals surface area contributed by atoms with E-state index >= 15 is 0 Å². The predicted molar refractivity (Wildman–Crippen MR) is 77.8 cm³/mol. The maximum atomic E-state index is 12.0. The zero-order valence-electron chi connectivity index (χ0n) is 12.3. The Hall–Kier alpha value is -0.790. The minimum Gasteiger partial charge on any atom is -0.459 e. The lowest BCUT2D eigenvalue weighted by Crippen LogP contribution is -2.23. The summed E-state index contributed by atoms with van der Waals surface area (Å²) < 4.78 is 5.71. The van der Waals surface area contributed by atoms with Crippen molar-refractivity contribution >= 4 is 5.97 Å². The van der Waals surface area contributed by atoms with E-state index in [9.17, 15) is 4.79 Å². The van der Waals surface area contributed by atoms with E-state index in [1.807, 2.05) is 0 Å². The van der Waals surface area contributed by atoms with Crippen LogP contribution < -0.4 is 0 Å². The molecule has 0 bridgehead atoms. The van der Waals surface area contributed by atoms with Gasteiger partial charge in [-0.25, -0.2) is 4.79 Å². The van der Waals surface area contributed by atoms with Gasteiger partial charge in [-0.3, -0.25) is 0 Å². The van der Waals surface area contributed by atoms with Gasteiger partial charge in [-0.05, 0) is 43.9 Å². The molecule has 2 aliphatic carbocycles. The fraction of sp³-hybridized carbons (Fsp3) is 0.824. The zero-order valence-corrected chi connectivity index (χ0v) is 12.3. The molecule has 0 radical (unpaired) electrons. The molecular formula is C17H28O2. The second kappa shape index (κ2) is 7.12. The first-order valence-corrected chi connectivity index (χ1v) is 8.11. The van der Waals surface area contributed by atoms with Crippen LogP contribution in [0.3, 0.4) is 0 Å². The quantitative estimate of drug-likeness (QED) is 0.380. The van der Waals surface area contributed by atoms with Gasteiger partial charge in [0.2, 0.25) is 0 Å². The Morgan fingerprint density at radius 3 is 2.79 bits per heavy atom. The average molecular weight is 264 g/mol. The van der Waals surface area contributed by atoms with Crippen LogP contribution in [0.2, 0.25) is 0 Å². The highest BCUT2D eigenvalue weighted by atomic mass is 16.5. The maximum absolute atomic E-state index is 12.0. The molecule has 2 nitrogen and oxygen atoms in total. The molecule has 0 aromatic heterocycles. The molecule has 0 amide bonds. The van der Waals surface area contributed by atoms with E-state index in [1.54, 1.807) is 0 Å². The van der Waals surface area contributed by atoms with Gasteiger partial charge in [0.1, 0.15) is 6.10 Å². The summed E-state index contributed by atoms with van der Waals surface area (Å²) in [7, 11) is 0. The summed E-state index contributed by atoms with van der Waals surface area (Å²) in [6.07, 6.45) is 12.0. The van der Waals surface area contributed by atoms with Crippen molar-refractivity contribution in [3.8, 4) is 0 Å². The van der Waals surface area contributed by atoms with Crippen molar-refractivity contribution in [2.75, 3.05) is 0 Å². The Labute approximate surface area is 117 Å². The molecule has 19 heavy (non-hydrogen) atoms. The van der Waals surface area contributed by atoms with Crippen LogP contribution in [-0.2, 0) is 9.53 Å². The average Bonchev–Trinajstić information content (AvgIpc) is 2.99. The largest absolute Gasteiger partial charge is 0.459 e. The second-order valence-electron chi connectivity index (χ2n) is 6.29. The summed E-state index contributed by atoms with van der Waals surface area (Å²) in [4.78, 5) is 12.0. The van der Waals surface area contributed by atoms with Crippen LogP contribution in [0.25, 0.3) is 0 Å². The van der Waals surface area contributed by atoms with Crippen molar-refractivity contribution in [2.24, 2.45) is 11.8 Å². The molecule has 3 unspecified atom stereocenters. The van der Waals surface area contributed by atoms with E-state index in [4.69, 9.17) is 4.74 Å². The van der Waals surface area contributed by atoms with Gasteiger partial charge in [-0.1, -0.05) is 45.6 Å². The Bertz CT molecular complexity index is 321. The number of hydrogen-bond acceptors (Lipinski definition) is 2. The highest BCUT2D eigenvalue weighted by Gasteiger charge is 2.41. The lowest BCUT2D eigenvalue weighted by atomic mass is 9.99. The molecule has 2 aliphatic rings. The Morgan fingerprint density at radius 1 is 1.16 bits per heavy atom. The SMILES string of the molecule is C=C(CCCCCC)C(=O)OC1CCC2CCCC21. The van der Waals surface area contributed by atoms with Crippen LogP contribution in [0.5, 0.6) is 0 Å². The van der Waals surface area contributed by atoms with Crippen molar-refractivity contribution in [3.05, 3.63) is 12.2 Å². The van der Waals surface area contributed by atoms with E-state index in [0.717, 1.165) is 25.2 Å². The molecule has 0 aromatic carbocycles. The normalized spacial score (nSPS) is 29.2. The monoisotopic (exact) mass is 264 g/mol. The number of carbonyl (C=O) groups is 1. The van der Waals surface area contributed by atoms with Crippen molar-refractivity contribution in [2.45, 2.75) is 77.2 Å². The molecule has 108 valence electrons.